The van der Waals surface area contributed by atoms with Gasteiger partial charge < -0.3 is 39.4 Å². The van der Waals surface area contributed by atoms with Crippen molar-refractivity contribution in [1.29, 1.82) is 0 Å². The first-order valence-electron chi connectivity index (χ1n) is 22.4. The number of unbranched alkanes of at least 4 members (excludes halogenated alkanes) is 18. The summed E-state index contributed by atoms with van der Waals surface area (Å²) in [6.07, 6.45) is 31.7. The Kier molecular flexibility index (Phi) is 42.8. The molecule has 2 unspecified atom stereocenters. The van der Waals surface area contributed by atoms with Crippen molar-refractivity contribution in [3.8, 4) is 0 Å². The second-order valence-electron chi connectivity index (χ2n) is 15.9. The third-order valence-corrected chi connectivity index (χ3v) is 10.7. The standard InChI is InChI=1S/C37H74O5.C9H18O3/c1-5-9-11-13-15-17-19-21-23-25-27-35(38)30-41-33-37(8-4,32-40-29-7-3)34-42-31-36(39)28-26-24-22-20-18-16-14-12-10-6-2;1-3-5-12-8-9(4-2,6-10)7-11/h7,35-36,38-39H,3,5-6,8-34H2,1-2,4H3;3,10-11H,1,4-8H2,2H3. The number of ether oxygens (including phenoxy) is 4. The molecule has 0 bridgehead atoms. The van der Waals surface area contributed by atoms with E-state index < -0.39 is 17.6 Å². The van der Waals surface area contributed by atoms with Crippen LogP contribution in [-0.2, 0) is 18.9 Å². The summed E-state index contributed by atoms with van der Waals surface area (Å²) in [5, 5.41) is 39.0. The molecule has 0 aromatic rings. The van der Waals surface area contributed by atoms with Gasteiger partial charge in [0, 0.05) is 10.8 Å². The van der Waals surface area contributed by atoms with Crippen LogP contribution in [0, 0.1) is 10.8 Å². The maximum absolute atomic E-state index is 10.5. The molecule has 324 valence electrons. The van der Waals surface area contributed by atoms with Crippen molar-refractivity contribution < 1.29 is 39.4 Å². The zero-order chi connectivity index (χ0) is 40.4. The SMILES string of the molecule is C=CCOCC(CC)(CO)CO.C=CCOCC(CC)(COCC(O)CCCCCCCCCCCC)COCC(O)CCCCCCCCCCCC. The van der Waals surface area contributed by atoms with Crippen LogP contribution in [0.25, 0.3) is 0 Å². The lowest BCUT2D eigenvalue weighted by molar-refractivity contribution is -0.0906. The van der Waals surface area contributed by atoms with Crippen molar-refractivity contribution in [3.05, 3.63) is 25.3 Å². The van der Waals surface area contributed by atoms with Crippen LogP contribution in [0.4, 0.5) is 0 Å². The third-order valence-electron chi connectivity index (χ3n) is 10.7. The number of aliphatic hydroxyl groups is 4. The minimum Gasteiger partial charge on any atom is -0.396 e. The summed E-state index contributed by atoms with van der Waals surface area (Å²) < 4.78 is 23.1. The average Bonchev–Trinajstić information content (AvgIpc) is 3.18. The number of rotatable bonds is 42. The Bertz CT molecular complexity index is 715. The first kappa shape index (κ1) is 55.3. The highest BCUT2D eigenvalue weighted by atomic mass is 16.5. The number of aliphatic hydroxyl groups excluding tert-OH is 4. The van der Waals surface area contributed by atoms with Crippen LogP contribution in [0.3, 0.4) is 0 Å². The molecule has 4 N–H and O–H groups in total. The van der Waals surface area contributed by atoms with Gasteiger partial charge in [-0.25, -0.2) is 0 Å². The highest BCUT2D eigenvalue weighted by molar-refractivity contribution is 4.80. The fraction of sp³-hybridized carbons (Fsp3) is 0.913. The van der Waals surface area contributed by atoms with E-state index in [2.05, 4.69) is 33.9 Å². The van der Waals surface area contributed by atoms with E-state index in [1.807, 2.05) is 6.92 Å². The molecule has 0 amide bonds. The Labute approximate surface area is 334 Å². The molecule has 8 nitrogen and oxygen atoms in total. The molecular formula is C46H92O8. The molecule has 0 aliphatic heterocycles. The molecule has 0 radical (unpaired) electrons. The van der Waals surface area contributed by atoms with Gasteiger partial charge in [0.15, 0.2) is 0 Å². The smallest absolute Gasteiger partial charge is 0.0773 e. The molecule has 0 saturated carbocycles. The first-order valence-corrected chi connectivity index (χ1v) is 22.4. The summed E-state index contributed by atoms with van der Waals surface area (Å²) in [6, 6.07) is 0. The molecule has 0 aromatic carbocycles. The fourth-order valence-corrected chi connectivity index (χ4v) is 6.34. The predicted molar refractivity (Wildman–Crippen MR) is 228 cm³/mol. The van der Waals surface area contributed by atoms with E-state index in [1.165, 1.54) is 116 Å². The molecule has 0 aliphatic carbocycles. The Morgan fingerprint density at radius 1 is 0.444 bits per heavy atom. The van der Waals surface area contributed by atoms with Crippen LogP contribution >= 0.6 is 0 Å². The normalized spacial score (nSPS) is 13.9. The van der Waals surface area contributed by atoms with Gasteiger partial charge in [-0.3, -0.25) is 0 Å². The molecule has 54 heavy (non-hydrogen) atoms. The van der Waals surface area contributed by atoms with E-state index in [9.17, 15) is 10.2 Å². The van der Waals surface area contributed by atoms with Crippen molar-refractivity contribution in [3.63, 3.8) is 0 Å². The van der Waals surface area contributed by atoms with Crippen molar-refractivity contribution >= 4 is 0 Å². The quantitative estimate of drug-likeness (QED) is 0.0358. The number of hydrogen-bond donors (Lipinski definition) is 4. The van der Waals surface area contributed by atoms with Crippen molar-refractivity contribution in [2.75, 3.05) is 66.1 Å². The maximum Gasteiger partial charge on any atom is 0.0773 e. The van der Waals surface area contributed by atoms with Crippen molar-refractivity contribution in [2.45, 2.75) is 194 Å². The van der Waals surface area contributed by atoms with Crippen molar-refractivity contribution in [2.24, 2.45) is 10.8 Å². The second kappa shape index (κ2) is 41.8. The molecule has 0 rings (SSSR count). The molecule has 0 saturated heterocycles. The van der Waals surface area contributed by atoms with E-state index in [-0.39, 0.29) is 18.6 Å². The molecule has 0 aliphatic rings. The van der Waals surface area contributed by atoms with E-state index in [1.54, 1.807) is 12.2 Å². The minimum absolute atomic E-state index is 0.0445. The van der Waals surface area contributed by atoms with E-state index in [0.717, 1.165) is 32.1 Å². The highest BCUT2D eigenvalue weighted by Crippen LogP contribution is 2.25. The monoisotopic (exact) mass is 773 g/mol. The van der Waals surface area contributed by atoms with Gasteiger partial charge in [-0.05, 0) is 25.7 Å². The molecule has 8 heteroatoms. The number of hydrogen-bond acceptors (Lipinski definition) is 8. The highest BCUT2D eigenvalue weighted by Gasteiger charge is 2.30. The Hall–Kier alpha value is -0.840. The van der Waals surface area contributed by atoms with Gasteiger partial charge in [0.05, 0.1) is 78.3 Å². The lowest BCUT2D eigenvalue weighted by Crippen LogP contribution is -2.38. The van der Waals surface area contributed by atoms with Crippen LogP contribution in [0.15, 0.2) is 25.3 Å². The van der Waals surface area contributed by atoms with E-state index in [4.69, 9.17) is 29.2 Å². The summed E-state index contributed by atoms with van der Waals surface area (Å²) in [5.74, 6) is 0. The molecule has 0 aromatic heterocycles. The van der Waals surface area contributed by atoms with Crippen LogP contribution in [0.1, 0.15) is 182 Å². The van der Waals surface area contributed by atoms with Crippen LogP contribution in [-0.4, -0.2) is 98.7 Å². The van der Waals surface area contributed by atoms with Gasteiger partial charge >= 0.3 is 0 Å². The van der Waals surface area contributed by atoms with E-state index >= 15 is 0 Å². The Morgan fingerprint density at radius 2 is 0.741 bits per heavy atom. The van der Waals surface area contributed by atoms with Crippen LogP contribution < -0.4 is 0 Å². The molecular weight excluding hydrogens is 680 g/mol. The Morgan fingerprint density at radius 3 is 1.04 bits per heavy atom. The summed E-state index contributed by atoms with van der Waals surface area (Å²) in [4.78, 5) is 0. The molecule has 0 fully saturated rings. The fourth-order valence-electron chi connectivity index (χ4n) is 6.34. The van der Waals surface area contributed by atoms with Gasteiger partial charge in [0.1, 0.15) is 0 Å². The van der Waals surface area contributed by atoms with Gasteiger partial charge in [0.2, 0.25) is 0 Å². The first-order chi connectivity index (χ1) is 26.3. The van der Waals surface area contributed by atoms with Gasteiger partial charge in [0.25, 0.3) is 0 Å². The van der Waals surface area contributed by atoms with E-state index in [0.29, 0.717) is 59.3 Å². The summed E-state index contributed by atoms with van der Waals surface area (Å²) in [6.45, 7) is 19.2. The predicted octanol–water partition coefficient (Wildman–Crippen LogP) is 10.5. The van der Waals surface area contributed by atoms with Gasteiger partial charge in [-0.2, -0.15) is 0 Å². The summed E-state index contributed by atoms with van der Waals surface area (Å²) >= 11 is 0. The zero-order valence-corrected chi connectivity index (χ0v) is 36.2. The molecule has 0 heterocycles. The average molecular weight is 773 g/mol. The third kappa shape index (κ3) is 34.4. The molecule has 0 spiro atoms. The molecule has 2 atom stereocenters. The lowest BCUT2D eigenvalue weighted by atomic mass is 9.88. The lowest BCUT2D eigenvalue weighted by Gasteiger charge is -2.32. The van der Waals surface area contributed by atoms with Gasteiger partial charge in [-0.15, -0.1) is 13.2 Å². The van der Waals surface area contributed by atoms with Crippen LogP contribution in [0.5, 0.6) is 0 Å². The summed E-state index contributed by atoms with van der Waals surface area (Å²) in [5.41, 5.74) is -0.778. The van der Waals surface area contributed by atoms with Crippen molar-refractivity contribution in [1.82, 2.24) is 0 Å². The zero-order valence-electron chi connectivity index (χ0n) is 36.2. The maximum atomic E-state index is 10.5. The largest absolute Gasteiger partial charge is 0.396 e. The Balaban J connectivity index is 0. The second-order valence-corrected chi connectivity index (χ2v) is 15.9. The topological polar surface area (TPSA) is 118 Å². The van der Waals surface area contributed by atoms with Gasteiger partial charge in [-0.1, -0.05) is 168 Å². The van der Waals surface area contributed by atoms with Crippen LogP contribution in [0.2, 0.25) is 0 Å². The summed E-state index contributed by atoms with van der Waals surface area (Å²) in [7, 11) is 0. The minimum atomic E-state index is -0.483.